The van der Waals surface area contributed by atoms with E-state index in [9.17, 15) is 19.2 Å². The van der Waals surface area contributed by atoms with Gasteiger partial charge in [0.05, 0.1) is 22.8 Å². The number of amides is 5. The number of imide groups is 2. The number of carbonyl (C=O) groups is 4. The summed E-state index contributed by atoms with van der Waals surface area (Å²) in [4.78, 5) is 51.5. The fourth-order valence-electron chi connectivity index (χ4n) is 3.67. The fraction of sp³-hybridized carbons (Fsp3) is 0.111. The van der Waals surface area contributed by atoms with Gasteiger partial charge in [0.15, 0.2) is 18.1 Å². The number of hydrogen-bond donors (Lipinski definition) is 2. The van der Waals surface area contributed by atoms with Gasteiger partial charge in [-0.2, -0.15) is 0 Å². The average molecular weight is 589 g/mol. The van der Waals surface area contributed by atoms with E-state index in [0.717, 1.165) is 4.90 Å². The molecule has 1 fully saturated rings. The Balaban J connectivity index is 1.52. The van der Waals surface area contributed by atoms with Crippen molar-refractivity contribution in [1.82, 2.24) is 5.32 Å². The zero-order valence-electron chi connectivity index (χ0n) is 20.5. The molecule has 4 rings (SSSR count). The lowest BCUT2D eigenvalue weighted by atomic mass is 10.1. The molecule has 2 N–H and O–H groups in total. The average Bonchev–Trinajstić information content (AvgIpc) is 2.89. The summed E-state index contributed by atoms with van der Waals surface area (Å²) in [5.74, 6) is -1.62. The number of carbonyl (C=O) groups excluding carboxylic acids is 4. The van der Waals surface area contributed by atoms with Gasteiger partial charge in [0, 0.05) is 10.7 Å². The highest BCUT2D eigenvalue weighted by Gasteiger charge is 2.37. The summed E-state index contributed by atoms with van der Waals surface area (Å²) in [5, 5.41) is 5.79. The quantitative estimate of drug-likeness (QED) is 0.272. The number of anilines is 2. The normalized spacial score (nSPS) is 14.3. The number of ether oxygens (including phenoxy) is 2. The number of rotatable bonds is 7. The summed E-state index contributed by atoms with van der Waals surface area (Å²) in [6.45, 7) is 1.37. The topological polar surface area (TPSA) is 114 Å². The van der Waals surface area contributed by atoms with Crippen LogP contribution in [0.15, 0.2) is 60.2 Å². The number of benzene rings is 3. The Bertz CT molecular complexity index is 1540. The van der Waals surface area contributed by atoms with Crippen LogP contribution in [0.2, 0.25) is 15.1 Å². The Morgan fingerprint density at radius 2 is 1.74 bits per heavy atom. The van der Waals surface area contributed by atoms with E-state index < -0.39 is 23.8 Å². The van der Waals surface area contributed by atoms with Crippen molar-refractivity contribution in [3.05, 3.63) is 86.4 Å². The second-order valence-corrected chi connectivity index (χ2v) is 9.52. The number of nitrogens with one attached hydrogen (secondary N) is 2. The monoisotopic (exact) mass is 587 g/mol. The van der Waals surface area contributed by atoms with Crippen LogP contribution in [0.3, 0.4) is 0 Å². The molecule has 9 nitrogen and oxygen atoms in total. The molecule has 5 amide bonds. The lowest BCUT2D eigenvalue weighted by Crippen LogP contribution is -2.54. The van der Waals surface area contributed by atoms with Crippen molar-refractivity contribution in [2.24, 2.45) is 0 Å². The van der Waals surface area contributed by atoms with Crippen LogP contribution in [0.5, 0.6) is 11.5 Å². The first-order valence-corrected chi connectivity index (χ1v) is 12.4. The minimum Gasteiger partial charge on any atom is -0.493 e. The zero-order chi connectivity index (χ0) is 28.3. The number of aryl methyl sites for hydroxylation is 1. The molecule has 0 unspecified atom stereocenters. The van der Waals surface area contributed by atoms with Gasteiger partial charge in [-0.1, -0.05) is 46.9 Å². The van der Waals surface area contributed by atoms with E-state index in [1.807, 2.05) is 0 Å². The number of halogens is 3. The van der Waals surface area contributed by atoms with Gasteiger partial charge in [0.1, 0.15) is 5.57 Å². The molecule has 200 valence electrons. The highest BCUT2D eigenvalue weighted by atomic mass is 35.5. The number of nitrogens with zero attached hydrogens (tertiary/aromatic N) is 1. The van der Waals surface area contributed by atoms with E-state index in [0.29, 0.717) is 31.9 Å². The fourth-order valence-corrected chi connectivity index (χ4v) is 4.14. The van der Waals surface area contributed by atoms with Gasteiger partial charge in [0.2, 0.25) is 0 Å². The molecule has 39 heavy (non-hydrogen) atoms. The van der Waals surface area contributed by atoms with E-state index in [1.54, 1.807) is 37.3 Å². The maximum Gasteiger partial charge on any atom is 0.335 e. The second-order valence-electron chi connectivity index (χ2n) is 8.26. The third kappa shape index (κ3) is 6.34. The first-order chi connectivity index (χ1) is 18.6. The summed E-state index contributed by atoms with van der Waals surface area (Å²) >= 11 is 17.9. The predicted octanol–water partition coefficient (Wildman–Crippen LogP) is 5.65. The first-order valence-electron chi connectivity index (χ1n) is 11.3. The lowest BCUT2D eigenvalue weighted by molar-refractivity contribution is -0.122. The highest BCUT2D eigenvalue weighted by molar-refractivity contribution is 6.42. The Morgan fingerprint density at radius 1 is 0.974 bits per heavy atom. The van der Waals surface area contributed by atoms with Crippen molar-refractivity contribution in [3.63, 3.8) is 0 Å². The van der Waals surface area contributed by atoms with Gasteiger partial charge >= 0.3 is 6.03 Å². The van der Waals surface area contributed by atoms with E-state index in [2.05, 4.69) is 10.6 Å². The van der Waals surface area contributed by atoms with E-state index in [-0.39, 0.29) is 29.4 Å². The van der Waals surface area contributed by atoms with Gasteiger partial charge in [-0.15, -0.1) is 0 Å². The van der Waals surface area contributed by atoms with Crippen LogP contribution < -0.4 is 25.0 Å². The van der Waals surface area contributed by atoms with Crippen molar-refractivity contribution in [3.8, 4) is 11.5 Å². The maximum atomic E-state index is 13.2. The molecule has 3 aromatic carbocycles. The van der Waals surface area contributed by atoms with E-state index >= 15 is 0 Å². The number of urea groups is 1. The molecule has 12 heteroatoms. The van der Waals surface area contributed by atoms with Gasteiger partial charge in [-0.05, 0) is 66.6 Å². The Morgan fingerprint density at radius 3 is 2.46 bits per heavy atom. The van der Waals surface area contributed by atoms with Crippen LogP contribution in [0.25, 0.3) is 6.08 Å². The molecule has 0 bridgehead atoms. The molecule has 0 spiro atoms. The molecular formula is C27H20Cl3N3O6. The first kappa shape index (κ1) is 28.0. The van der Waals surface area contributed by atoms with Crippen molar-refractivity contribution in [2.45, 2.75) is 6.92 Å². The van der Waals surface area contributed by atoms with Crippen LogP contribution >= 0.6 is 34.8 Å². The predicted molar refractivity (Wildman–Crippen MR) is 149 cm³/mol. The Labute approximate surface area is 238 Å². The molecule has 0 atom stereocenters. The molecule has 0 radical (unpaired) electrons. The van der Waals surface area contributed by atoms with Crippen molar-refractivity contribution < 1.29 is 28.7 Å². The maximum absolute atomic E-state index is 13.2. The van der Waals surface area contributed by atoms with Crippen LogP contribution in [-0.4, -0.2) is 37.5 Å². The molecule has 3 aromatic rings. The number of hydrogen-bond acceptors (Lipinski definition) is 6. The molecular weight excluding hydrogens is 569 g/mol. The minimum atomic E-state index is -0.881. The molecule has 1 aliphatic heterocycles. The smallest absolute Gasteiger partial charge is 0.335 e. The highest BCUT2D eigenvalue weighted by Crippen LogP contribution is 2.31. The SMILES string of the molecule is COc1cc(/C=C2\C(=O)NC(=O)N(c3cc(Cl)ccc3C)C2=O)ccc1OCC(=O)Nc1ccc(Cl)c(Cl)c1. The van der Waals surface area contributed by atoms with Gasteiger partial charge in [0.25, 0.3) is 17.7 Å². The molecule has 0 saturated carbocycles. The third-order valence-electron chi connectivity index (χ3n) is 5.57. The Kier molecular flexibility index (Phi) is 8.44. The largest absolute Gasteiger partial charge is 0.493 e. The van der Waals surface area contributed by atoms with E-state index in [1.165, 1.54) is 37.5 Å². The van der Waals surface area contributed by atoms with Gasteiger partial charge < -0.3 is 14.8 Å². The molecule has 0 aromatic heterocycles. The minimum absolute atomic E-state index is 0.244. The van der Waals surface area contributed by atoms with Crippen LogP contribution in [-0.2, 0) is 14.4 Å². The standard InChI is InChI=1S/C27H20Cl3N3O6/c1-14-3-5-16(28)11-21(14)33-26(36)18(25(35)32-27(33)37)9-15-4-8-22(23(10-15)38-2)39-13-24(34)31-17-6-7-19(29)20(30)12-17/h3-12H,13H2,1-2H3,(H,31,34)(H,32,35,37)/b18-9+. The van der Waals surface area contributed by atoms with Crippen molar-refractivity contribution in [1.29, 1.82) is 0 Å². The van der Waals surface area contributed by atoms with Crippen molar-refractivity contribution in [2.75, 3.05) is 23.9 Å². The van der Waals surface area contributed by atoms with Crippen LogP contribution in [0.4, 0.5) is 16.2 Å². The Hall–Kier alpha value is -4.05. The number of methoxy groups -OCH3 is 1. The molecule has 1 aliphatic rings. The summed E-state index contributed by atoms with van der Waals surface area (Å²) in [5.41, 5.74) is 1.45. The summed E-state index contributed by atoms with van der Waals surface area (Å²) in [7, 11) is 1.40. The van der Waals surface area contributed by atoms with Crippen molar-refractivity contribution >= 4 is 76.0 Å². The van der Waals surface area contributed by atoms with Crippen LogP contribution in [0, 0.1) is 6.92 Å². The zero-order valence-corrected chi connectivity index (χ0v) is 22.8. The third-order valence-corrected chi connectivity index (χ3v) is 6.55. The summed E-state index contributed by atoms with van der Waals surface area (Å²) < 4.78 is 11.0. The summed E-state index contributed by atoms with van der Waals surface area (Å²) in [6.07, 6.45) is 1.32. The number of barbiturate groups is 1. The van der Waals surface area contributed by atoms with E-state index in [4.69, 9.17) is 44.3 Å². The summed E-state index contributed by atoms with van der Waals surface area (Å²) in [6, 6.07) is 13.1. The molecule has 1 heterocycles. The molecule has 1 saturated heterocycles. The van der Waals surface area contributed by atoms with Gasteiger partial charge in [-0.25, -0.2) is 9.69 Å². The lowest BCUT2D eigenvalue weighted by Gasteiger charge is -2.27. The molecule has 0 aliphatic carbocycles. The van der Waals surface area contributed by atoms with Crippen LogP contribution in [0.1, 0.15) is 11.1 Å². The second kappa shape index (κ2) is 11.8. The van der Waals surface area contributed by atoms with Gasteiger partial charge in [-0.3, -0.25) is 19.7 Å².